The van der Waals surface area contributed by atoms with E-state index in [-0.39, 0.29) is 50.7 Å². The van der Waals surface area contributed by atoms with Crippen LogP contribution in [0.25, 0.3) is 0 Å². The summed E-state index contributed by atoms with van der Waals surface area (Å²) in [5.41, 5.74) is 2.87. The second kappa shape index (κ2) is 13.4. The molecule has 0 saturated carbocycles. The summed E-state index contributed by atoms with van der Waals surface area (Å²) in [6.07, 6.45) is 16.9. The van der Waals surface area contributed by atoms with Gasteiger partial charge in [-0.2, -0.15) is 23.3 Å². The van der Waals surface area contributed by atoms with Crippen molar-refractivity contribution >= 4 is 0 Å². The van der Waals surface area contributed by atoms with Gasteiger partial charge in [-0.15, -0.1) is 12.8 Å². The van der Waals surface area contributed by atoms with Crippen LogP contribution in [0, 0.1) is 24.0 Å². The van der Waals surface area contributed by atoms with Gasteiger partial charge in [0.05, 0.1) is 0 Å². The van der Waals surface area contributed by atoms with E-state index >= 15 is 0 Å². The van der Waals surface area contributed by atoms with Crippen LogP contribution in [0.5, 0.6) is 0 Å². The summed E-state index contributed by atoms with van der Waals surface area (Å²) in [4.78, 5) is 0. The van der Waals surface area contributed by atoms with Gasteiger partial charge in [-0.25, -0.2) is 12.2 Å². The maximum Gasteiger partial charge on any atom is 4.00 e. The van der Waals surface area contributed by atoms with Gasteiger partial charge in [0.1, 0.15) is 0 Å². The van der Waals surface area contributed by atoms with Gasteiger partial charge in [0.2, 0.25) is 0 Å². The SMILES string of the molecule is CC(C)C1=CC[C-]=C1.CC(C)C1=CC[C-]=C1.[Cl-].[Cl-].[Hf+4]. The van der Waals surface area contributed by atoms with Crippen LogP contribution < -0.4 is 24.8 Å². The van der Waals surface area contributed by atoms with Crippen LogP contribution in [0.2, 0.25) is 0 Å². The Morgan fingerprint density at radius 2 is 1.11 bits per heavy atom. The third kappa shape index (κ3) is 9.87. The number of halogens is 2. The minimum absolute atomic E-state index is 0. The quantitative estimate of drug-likeness (QED) is 0.352. The molecule has 0 spiro atoms. The van der Waals surface area contributed by atoms with Crippen molar-refractivity contribution in [3.63, 3.8) is 0 Å². The molecular weight excluding hydrogens is 442 g/mol. The molecule has 0 radical (unpaired) electrons. The van der Waals surface area contributed by atoms with Crippen LogP contribution in [0.4, 0.5) is 0 Å². The first kappa shape index (κ1) is 24.4. The molecule has 3 heteroatoms. The normalized spacial score (nSPS) is 14.8. The molecule has 0 saturated heterocycles. The van der Waals surface area contributed by atoms with E-state index in [1.54, 1.807) is 0 Å². The Labute approximate surface area is 150 Å². The van der Waals surface area contributed by atoms with Gasteiger partial charge in [-0.05, 0) is 0 Å². The minimum Gasteiger partial charge on any atom is -1.00 e. The van der Waals surface area contributed by atoms with Gasteiger partial charge in [-0.1, -0.05) is 39.5 Å². The van der Waals surface area contributed by atoms with Gasteiger partial charge in [-0.3, -0.25) is 12.2 Å². The molecule has 0 unspecified atom stereocenters. The van der Waals surface area contributed by atoms with Crippen molar-refractivity contribution in [2.75, 3.05) is 0 Å². The maximum absolute atomic E-state index is 3.14. The van der Waals surface area contributed by atoms with E-state index in [9.17, 15) is 0 Å². The van der Waals surface area contributed by atoms with Crippen molar-refractivity contribution in [1.82, 2.24) is 0 Å². The number of allylic oxidation sites excluding steroid dienone is 8. The van der Waals surface area contributed by atoms with Gasteiger partial charge >= 0.3 is 25.8 Å². The molecule has 0 atom stereocenters. The second-order valence-corrected chi connectivity index (χ2v) is 4.82. The molecule has 19 heavy (non-hydrogen) atoms. The van der Waals surface area contributed by atoms with Crippen molar-refractivity contribution in [3.05, 3.63) is 47.6 Å². The standard InChI is InChI=1S/2C8H11.2ClH.Hf/c2*1-7(2)8-5-3-4-6-8;;;/h2*5-7H,3H2,1-2H3;2*1H;/q2*-1;;;+4/p-2. The Bertz CT molecular complexity index is 303. The molecule has 2 aliphatic carbocycles. The first-order valence-corrected chi connectivity index (χ1v) is 6.14. The Morgan fingerprint density at radius 1 is 0.789 bits per heavy atom. The second-order valence-electron chi connectivity index (χ2n) is 4.82. The number of rotatable bonds is 2. The van der Waals surface area contributed by atoms with Gasteiger partial charge in [0.15, 0.2) is 0 Å². The molecule has 0 aromatic carbocycles. The molecule has 2 rings (SSSR count). The summed E-state index contributed by atoms with van der Waals surface area (Å²) in [5.74, 6) is 1.37. The summed E-state index contributed by atoms with van der Waals surface area (Å²) >= 11 is 0. The van der Waals surface area contributed by atoms with E-state index in [4.69, 9.17) is 0 Å². The fraction of sp³-hybridized carbons (Fsp3) is 0.500. The summed E-state index contributed by atoms with van der Waals surface area (Å²) in [5, 5.41) is 0. The molecule has 0 N–H and O–H groups in total. The minimum atomic E-state index is 0. The smallest absolute Gasteiger partial charge is 1.00 e. The molecule has 0 nitrogen and oxygen atoms in total. The fourth-order valence-electron chi connectivity index (χ4n) is 1.63. The molecule has 0 fully saturated rings. The van der Waals surface area contributed by atoms with Gasteiger partial charge in [0.25, 0.3) is 0 Å². The van der Waals surface area contributed by atoms with Gasteiger partial charge in [0, 0.05) is 0 Å². The van der Waals surface area contributed by atoms with Crippen LogP contribution in [0.1, 0.15) is 40.5 Å². The van der Waals surface area contributed by atoms with E-state index in [0.29, 0.717) is 11.8 Å². The fourth-order valence-corrected chi connectivity index (χ4v) is 1.63. The molecule has 104 valence electrons. The van der Waals surface area contributed by atoms with Crippen molar-refractivity contribution in [2.45, 2.75) is 40.5 Å². The van der Waals surface area contributed by atoms with Crippen LogP contribution >= 0.6 is 0 Å². The van der Waals surface area contributed by atoms with Crippen molar-refractivity contribution < 1.29 is 50.7 Å². The molecule has 0 heterocycles. The van der Waals surface area contributed by atoms with E-state index in [0.717, 1.165) is 12.8 Å². The average molecular weight is 464 g/mol. The van der Waals surface area contributed by atoms with Crippen molar-refractivity contribution in [3.8, 4) is 0 Å². The molecule has 0 amide bonds. The van der Waals surface area contributed by atoms with E-state index in [1.807, 2.05) is 0 Å². The van der Waals surface area contributed by atoms with Crippen LogP contribution in [0.3, 0.4) is 0 Å². The zero-order valence-electron chi connectivity index (χ0n) is 12.1. The predicted octanol–water partition coefficient (Wildman–Crippen LogP) is -1.33. The number of hydrogen-bond donors (Lipinski definition) is 0. The average Bonchev–Trinajstić information content (AvgIpc) is 2.93. The molecule has 0 aliphatic heterocycles. The molecular formula is C16H22Cl2Hf. The van der Waals surface area contributed by atoms with Gasteiger partial charge < -0.3 is 24.8 Å². The molecule has 0 aromatic heterocycles. The molecule has 0 bridgehead atoms. The largest absolute Gasteiger partial charge is 4.00 e. The third-order valence-corrected chi connectivity index (χ3v) is 2.78. The predicted molar refractivity (Wildman–Crippen MR) is 70.7 cm³/mol. The Morgan fingerprint density at radius 3 is 1.21 bits per heavy atom. The van der Waals surface area contributed by atoms with Crippen molar-refractivity contribution in [1.29, 1.82) is 0 Å². The number of hydrogen-bond acceptors (Lipinski definition) is 0. The first-order chi connectivity index (χ1) is 7.61. The van der Waals surface area contributed by atoms with E-state index in [1.165, 1.54) is 11.1 Å². The summed E-state index contributed by atoms with van der Waals surface area (Å²) < 4.78 is 0. The Balaban J connectivity index is -0.000000233. The van der Waals surface area contributed by atoms with E-state index < -0.39 is 0 Å². The van der Waals surface area contributed by atoms with Crippen molar-refractivity contribution in [2.24, 2.45) is 11.8 Å². The first-order valence-electron chi connectivity index (χ1n) is 6.14. The molecule has 0 aromatic rings. The third-order valence-electron chi connectivity index (χ3n) is 2.78. The zero-order valence-corrected chi connectivity index (χ0v) is 17.2. The van der Waals surface area contributed by atoms with Crippen LogP contribution in [-0.4, -0.2) is 0 Å². The van der Waals surface area contributed by atoms with Crippen LogP contribution in [0.15, 0.2) is 35.5 Å². The zero-order chi connectivity index (χ0) is 12.0. The van der Waals surface area contributed by atoms with Crippen LogP contribution in [-0.2, 0) is 25.8 Å². The molecule has 2 aliphatic rings. The maximum atomic E-state index is 3.14. The summed E-state index contributed by atoms with van der Waals surface area (Å²) in [6, 6.07) is 0. The topological polar surface area (TPSA) is 0 Å². The van der Waals surface area contributed by atoms with E-state index in [2.05, 4.69) is 64.2 Å². The Hall–Kier alpha value is 0.410. The summed E-state index contributed by atoms with van der Waals surface area (Å²) in [6.45, 7) is 8.81. The Kier molecular flexibility index (Phi) is 17.2. The monoisotopic (exact) mass is 464 g/mol. The summed E-state index contributed by atoms with van der Waals surface area (Å²) in [7, 11) is 0.